The van der Waals surface area contributed by atoms with Gasteiger partial charge in [0, 0.05) is 38.1 Å². The first-order chi connectivity index (χ1) is 9.11. The SMILES string of the molecule is Cc1ccc(C(=O)N2CCN(CCBr)CC2)c(Cl)c1. The predicted molar refractivity (Wildman–Crippen MR) is 82.3 cm³/mol. The highest BCUT2D eigenvalue weighted by Gasteiger charge is 2.23. The van der Waals surface area contributed by atoms with Crippen LogP contribution in [0.15, 0.2) is 18.2 Å². The zero-order chi connectivity index (χ0) is 13.8. The average Bonchev–Trinajstić information content (AvgIpc) is 2.39. The highest BCUT2D eigenvalue weighted by atomic mass is 79.9. The molecule has 1 saturated heterocycles. The molecule has 0 N–H and O–H groups in total. The summed E-state index contributed by atoms with van der Waals surface area (Å²) in [5.41, 5.74) is 1.69. The van der Waals surface area contributed by atoms with E-state index in [2.05, 4.69) is 20.8 Å². The van der Waals surface area contributed by atoms with Crippen molar-refractivity contribution < 1.29 is 4.79 Å². The van der Waals surface area contributed by atoms with Gasteiger partial charge in [0.05, 0.1) is 10.6 Å². The van der Waals surface area contributed by atoms with Gasteiger partial charge in [-0.05, 0) is 24.6 Å². The first-order valence-corrected chi connectivity index (χ1v) is 7.95. The van der Waals surface area contributed by atoms with Crippen LogP contribution in [0.25, 0.3) is 0 Å². The molecule has 3 nitrogen and oxygen atoms in total. The standard InChI is InChI=1S/C14H18BrClN2O/c1-11-2-3-12(13(16)10-11)14(19)18-8-6-17(5-4-15)7-9-18/h2-3,10H,4-9H2,1H3. The van der Waals surface area contributed by atoms with Gasteiger partial charge in [-0.25, -0.2) is 0 Å². The normalized spacial score (nSPS) is 16.7. The molecule has 0 bridgehead atoms. The highest BCUT2D eigenvalue weighted by molar-refractivity contribution is 9.09. The topological polar surface area (TPSA) is 23.6 Å². The number of amides is 1. The first-order valence-electron chi connectivity index (χ1n) is 6.45. The van der Waals surface area contributed by atoms with Crippen molar-refractivity contribution in [3.8, 4) is 0 Å². The Kier molecular flexibility index (Phi) is 5.25. The molecule has 1 fully saturated rings. The van der Waals surface area contributed by atoms with Gasteiger partial charge in [0.25, 0.3) is 5.91 Å². The van der Waals surface area contributed by atoms with Crippen molar-refractivity contribution in [1.82, 2.24) is 9.80 Å². The Labute approximate surface area is 127 Å². The van der Waals surface area contributed by atoms with Crippen LogP contribution in [-0.2, 0) is 0 Å². The Hall–Kier alpha value is -0.580. The number of halogens is 2. The molecule has 1 heterocycles. The summed E-state index contributed by atoms with van der Waals surface area (Å²) in [5.74, 6) is 0.0449. The Balaban J connectivity index is 2.01. The van der Waals surface area contributed by atoms with Crippen molar-refractivity contribution in [1.29, 1.82) is 0 Å². The number of carbonyl (C=O) groups is 1. The third-order valence-electron chi connectivity index (χ3n) is 3.42. The molecule has 0 unspecified atom stereocenters. The number of benzene rings is 1. The number of aryl methyl sites for hydroxylation is 1. The Morgan fingerprint density at radius 3 is 2.58 bits per heavy atom. The molecule has 0 aromatic heterocycles. The average molecular weight is 346 g/mol. The molecule has 0 atom stereocenters. The number of carbonyl (C=O) groups excluding carboxylic acids is 1. The minimum Gasteiger partial charge on any atom is -0.336 e. The van der Waals surface area contributed by atoms with Crippen molar-refractivity contribution in [3.05, 3.63) is 34.3 Å². The van der Waals surface area contributed by atoms with Gasteiger partial charge in [0.15, 0.2) is 0 Å². The lowest BCUT2D eigenvalue weighted by Gasteiger charge is -2.34. The van der Waals surface area contributed by atoms with Crippen LogP contribution in [0.2, 0.25) is 5.02 Å². The summed E-state index contributed by atoms with van der Waals surface area (Å²) >= 11 is 9.60. The van der Waals surface area contributed by atoms with E-state index in [4.69, 9.17) is 11.6 Å². The lowest BCUT2D eigenvalue weighted by atomic mass is 10.1. The molecule has 1 aliphatic rings. The van der Waals surface area contributed by atoms with Crippen molar-refractivity contribution in [2.24, 2.45) is 0 Å². The number of nitrogens with zero attached hydrogens (tertiary/aromatic N) is 2. The molecule has 1 aliphatic heterocycles. The van der Waals surface area contributed by atoms with Gasteiger partial charge in [0.1, 0.15) is 0 Å². The van der Waals surface area contributed by atoms with Gasteiger partial charge in [-0.2, -0.15) is 0 Å². The smallest absolute Gasteiger partial charge is 0.255 e. The molecule has 0 aliphatic carbocycles. The number of rotatable bonds is 3. The van der Waals surface area contributed by atoms with Crippen LogP contribution in [0.3, 0.4) is 0 Å². The number of hydrogen-bond acceptors (Lipinski definition) is 2. The monoisotopic (exact) mass is 344 g/mol. The van der Waals surface area contributed by atoms with Crippen molar-refractivity contribution in [2.75, 3.05) is 38.1 Å². The van der Waals surface area contributed by atoms with E-state index in [0.29, 0.717) is 10.6 Å². The molecule has 2 rings (SSSR count). The van der Waals surface area contributed by atoms with Gasteiger partial charge in [0.2, 0.25) is 0 Å². The number of piperazine rings is 1. The molecular formula is C14H18BrClN2O. The van der Waals surface area contributed by atoms with Gasteiger partial charge < -0.3 is 4.90 Å². The summed E-state index contributed by atoms with van der Waals surface area (Å²) in [7, 11) is 0. The van der Waals surface area contributed by atoms with Crippen LogP contribution in [0.1, 0.15) is 15.9 Å². The molecule has 104 valence electrons. The molecule has 19 heavy (non-hydrogen) atoms. The van der Waals surface area contributed by atoms with E-state index < -0.39 is 0 Å². The highest BCUT2D eigenvalue weighted by Crippen LogP contribution is 2.20. The number of alkyl halides is 1. The second-order valence-corrected chi connectivity index (χ2v) is 6.01. The van der Waals surface area contributed by atoms with Gasteiger partial charge in [-0.15, -0.1) is 0 Å². The quantitative estimate of drug-likeness (QED) is 0.787. The molecule has 5 heteroatoms. The summed E-state index contributed by atoms with van der Waals surface area (Å²) in [6, 6.07) is 5.60. The molecule has 1 amide bonds. The second-order valence-electron chi connectivity index (χ2n) is 4.81. The maximum atomic E-state index is 12.4. The molecule has 1 aromatic rings. The van der Waals surface area contributed by atoms with E-state index >= 15 is 0 Å². The summed E-state index contributed by atoms with van der Waals surface area (Å²) in [6.45, 7) is 6.42. The molecular weight excluding hydrogens is 328 g/mol. The third kappa shape index (κ3) is 3.71. The first kappa shape index (κ1) is 14.8. The van der Waals surface area contributed by atoms with E-state index in [1.807, 2.05) is 30.0 Å². The Morgan fingerprint density at radius 1 is 1.32 bits per heavy atom. The molecule has 1 aromatic carbocycles. The van der Waals surface area contributed by atoms with Crippen molar-refractivity contribution >= 4 is 33.4 Å². The molecule has 0 spiro atoms. The summed E-state index contributed by atoms with van der Waals surface area (Å²) in [6.07, 6.45) is 0. The Morgan fingerprint density at radius 2 is 2.00 bits per heavy atom. The summed E-state index contributed by atoms with van der Waals surface area (Å²) in [5, 5.41) is 1.53. The van der Waals surface area contributed by atoms with E-state index in [1.54, 1.807) is 0 Å². The van der Waals surface area contributed by atoms with Crippen LogP contribution in [0.4, 0.5) is 0 Å². The van der Waals surface area contributed by atoms with Crippen molar-refractivity contribution in [3.63, 3.8) is 0 Å². The maximum absolute atomic E-state index is 12.4. The fourth-order valence-corrected chi connectivity index (χ4v) is 3.08. The van der Waals surface area contributed by atoms with Gasteiger partial charge in [-0.3, -0.25) is 9.69 Å². The zero-order valence-corrected chi connectivity index (χ0v) is 13.4. The van der Waals surface area contributed by atoms with Gasteiger partial charge in [-0.1, -0.05) is 33.6 Å². The summed E-state index contributed by atoms with van der Waals surface area (Å²) in [4.78, 5) is 16.7. The second kappa shape index (κ2) is 6.73. The molecule has 0 saturated carbocycles. The molecule has 0 radical (unpaired) electrons. The van der Waals surface area contributed by atoms with Crippen LogP contribution in [-0.4, -0.2) is 53.8 Å². The lowest BCUT2D eigenvalue weighted by molar-refractivity contribution is 0.0645. The minimum atomic E-state index is 0.0449. The summed E-state index contributed by atoms with van der Waals surface area (Å²) < 4.78 is 0. The van der Waals surface area contributed by atoms with Crippen LogP contribution in [0, 0.1) is 6.92 Å². The van der Waals surface area contributed by atoms with Crippen LogP contribution >= 0.6 is 27.5 Å². The third-order valence-corrected chi connectivity index (χ3v) is 4.08. The maximum Gasteiger partial charge on any atom is 0.255 e. The largest absolute Gasteiger partial charge is 0.336 e. The number of hydrogen-bond donors (Lipinski definition) is 0. The van der Waals surface area contributed by atoms with Gasteiger partial charge >= 0.3 is 0 Å². The lowest BCUT2D eigenvalue weighted by Crippen LogP contribution is -2.49. The fourth-order valence-electron chi connectivity index (χ4n) is 2.26. The van der Waals surface area contributed by atoms with Crippen molar-refractivity contribution in [2.45, 2.75) is 6.92 Å². The van der Waals surface area contributed by atoms with Crippen LogP contribution in [0.5, 0.6) is 0 Å². The van der Waals surface area contributed by atoms with E-state index in [-0.39, 0.29) is 5.91 Å². The Bertz CT molecular complexity index is 459. The minimum absolute atomic E-state index is 0.0449. The predicted octanol–water partition coefficient (Wildman–Crippen LogP) is 2.80. The van der Waals surface area contributed by atoms with E-state index in [0.717, 1.165) is 43.6 Å². The van der Waals surface area contributed by atoms with E-state index in [9.17, 15) is 4.79 Å². The van der Waals surface area contributed by atoms with E-state index in [1.165, 1.54) is 0 Å². The van der Waals surface area contributed by atoms with Crippen LogP contribution < -0.4 is 0 Å². The fraction of sp³-hybridized carbons (Fsp3) is 0.500. The zero-order valence-electron chi connectivity index (χ0n) is 11.0.